The third-order valence-corrected chi connectivity index (χ3v) is 6.71. The fourth-order valence-corrected chi connectivity index (χ4v) is 4.54. The maximum Gasteiger partial charge on any atom is 0.255 e. The van der Waals surface area contributed by atoms with Gasteiger partial charge in [-0.1, -0.05) is 20.3 Å². The maximum atomic E-state index is 12.9. The van der Waals surface area contributed by atoms with E-state index in [4.69, 9.17) is 14.5 Å². The number of nitrogens with zero attached hydrogens (tertiary/aromatic N) is 3. The van der Waals surface area contributed by atoms with Crippen LogP contribution in [-0.4, -0.2) is 47.7 Å². The largest absolute Gasteiger partial charge is 0.493 e. The number of carbonyl (C=O) groups is 1. The van der Waals surface area contributed by atoms with Crippen molar-refractivity contribution in [3.05, 3.63) is 47.8 Å². The number of anilines is 1. The fourth-order valence-electron chi connectivity index (χ4n) is 4.54. The second-order valence-electron chi connectivity index (χ2n) is 9.22. The first kappa shape index (κ1) is 24.1. The average molecular weight is 465 g/mol. The lowest BCUT2D eigenvalue weighted by atomic mass is 9.99. The van der Waals surface area contributed by atoms with Gasteiger partial charge < -0.3 is 19.4 Å². The second-order valence-corrected chi connectivity index (χ2v) is 9.22. The van der Waals surface area contributed by atoms with Gasteiger partial charge in [-0.2, -0.15) is 0 Å². The van der Waals surface area contributed by atoms with E-state index < -0.39 is 0 Å². The van der Waals surface area contributed by atoms with Gasteiger partial charge in [-0.25, -0.2) is 4.98 Å². The van der Waals surface area contributed by atoms with E-state index in [0.717, 1.165) is 67.5 Å². The molecular formula is C27H36N4O3. The van der Waals surface area contributed by atoms with Gasteiger partial charge in [-0.05, 0) is 74.7 Å². The van der Waals surface area contributed by atoms with Crippen LogP contribution in [0.2, 0.25) is 0 Å². The molecule has 2 aromatic carbocycles. The number of rotatable bonds is 9. The summed E-state index contributed by atoms with van der Waals surface area (Å²) in [5, 5.41) is 3.00. The van der Waals surface area contributed by atoms with Crippen LogP contribution >= 0.6 is 0 Å². The topological polar surface area (TPSA) is 68.6 Å². The SMILES string of the molecule is CCCCn1c(CN2CCC(C)CC2)nc2cc(NC(=O)c3ccc(OC)c(OC)c3)ccc21. The second kappa shape index (κ2) is 10.9. The van der Waals surface area contributed by atoms with Crippen LogP contribution in [0.15, 0.2) is 36.4 Å². The van der Waals surface area contributed by atoms with Gasteiger partial charge in [0.2, 0.25) is 0 Å². The van der Waals surface area contributed by atoms with Crippen LogP contribution in [0.4, 0.5) is 5.69 Å². The number of ether oxygens (including phenoxy) is 2. The van der Waals surface area contributed by atoms with Crippen molar-refractivity contribution in [2.75, 3.05) is 32.6 Å². The lowest BCUT2D eigenvalue weighted by Gasteiger charge is -2.30. The molecule has 0 radical (unpaired) electrons. The number of unbranched alkanes of at least 4 members (excludes halogenated alkanes) is 1. The first-order valence-corrected chi connectivity index (χ1v) is 12.3. The minimum absolute atomic E-state index is 0.201. The lowest BCUT2D eigenvalue weighted by Crippen LogP contribution is -2.33. The lowest BCUT2D eigenvalue weighted by molar-refractivity contribution is 0.102. The molecule has 0 spiro atoms. The molecule has 4 rings (SSSR count). The number of benzene rings is 2. The Morgan fingerprint density at radius 1 is 1.09 bits per heavy atom. The quantitative estimate of drug-likeness (QED) is 0.463. The maximum absolute atomic E-state index is 12.9. The van der Waals surface area contributed by atoms with Crippen LogP contribution in [0.1, 0.15) is 55.7 Å². The third kappa shape index (κ3) is 5.36. The number of likely N-dealkylation sites (tertiary alicyclic amines) is 1. The van der Waals surface area contributed by atoms with Crippen molar-refractivity contribution in [3.63, 3.8) is 0 Å². The highest BCUT2D eigenvalue weighted by atomic mass is 16.5. The van der Waals surface area contributed by atoms with Crippen molar-refractivity contribution in [3.8, 4) is 11.5 Å². The van der Waals surface area contributed by atoms with E-state index in [9.17, 15) is 4.79 Å². The van der Waals surface area contributed by atoms with Crippen LogP contribution < -0.4 is 14.8 Å². The molecule has 0 atom stereocenters. The van der Waals surface area contributed by atoms with E-state index >= 15 is 0 Å². The number of fused-ring (bicyclic) bond motifs is 1. The highest BCUT2D eigenvalue weighted by Gasteiger charge is 2.19. The first-order chi connectivity index (χ1) is 16.5. The molecule has 34 heavy (non-hydrogen) atoms. The van der Waals surface area contributed by atoms with Gasteiger partial charge in [0, 0.05) is 17.8 Å². The number of piperidine rings is 1. The first-order valence-electron chi connectivity index (χ1n) is 12.3. The predicted octanol–water partition coefficient (Wildman–Crippen LogP) is 5.34. The minimum Gasteiger partial charge on any atom is -0.493 e. The average Bonchev–Trinajstić information content (AvgIpc) is 3.19. The number of hydrogen-bond acceptors (Lipinski definition) is 5. The van der Waals surface area contributed by atoms with E-state index in [-0.39, 0.29) is 5.91 Å². The Hall–Kier alpha value is -3.06. The minimum atomic E-state index is -0.201. The van der Waals surface area contributed by atoms with Gasteiger partial charge in [0.25, 0.3) is 5.91 Å². The molecule has 1 aromatic heterocycles. The standard InChI is InChI=1S/C27H36N4O3/c1-5-6-13-31-23-9-8-21(28-27(32)20-7-10-24(33-3)25(16-20)34-4)17-22(23)29-26(31)18-30-14-11-19(2)12-15-30/h7-10,16-17,19H,5-6,11-15,18H2,1-4H3,(H,28,32). The highest BCUT2D eigenvalue weighted by Crippen LogP contribution is 2.28. The summed E-state index contributed by atoms with van der Waals surface area (Å²) >= 11 is 0. The Labute approximate surface area is 202 Å². The Balaban J connectivity index is 1.56. The Morgan fingerprint density at radius 3 is 2.56 bits per heavy atom. The van der Waals surface area contributed by atoms with Crippen molar-refractivity contribution < 1.29 is 14.3 Å². The molecule has 0 saturated carbocycles. The fraction of sp³-hybridized carbons (Fsp3) is 0.481. The zero-order valence-electron chi connectivity index (χ0n) is 20.8. The summed E-state index contributed by atoms with van der Waals surface area (Å²) in [5.41, 5.74) is 3.27. The monoisotopic (exact) mass is 464 g/mol. The van der Waals surface area contributed by atoms with Crippen molar-refractivity contribution in [1.29, 1.82) is 0 Å². The number of imidazole rings is 1. The number of aryl methyl sites for hydroxylation is 1. The van der Waals surface area contributed by atoms with Crippen LogP contribution in [0.5, 0.6) is 11.5 Å². The molecule has 2 heterocycles. The van der Waals surface area contributed by atoms with E-state index in [1.54, 1.807) is 32.4 Å². The number of carbonyl (C=O) groups excluding carboxylic acids is 1. The predicted molar refractivity (Wildman–Crippen MR) is 136 cm³/mol. The van der Waals surface area contributed by atoms with E-state index in [1.165, 1.54) is 12.8 Å². The number of amides is 1. The Bertz CT molecular complexity index is 1130. The molecule has 0 unspecified atom stereocenters. The summed E-state index contributed by atoms with van der Waals surface area (Å²) in [7, 11) is 3.14. The van der Waals surface area contributed by atoms with Crippen LogP contribution in [-0.2, 0) is 13.1 Å². The molecule has 1 aliphatic rings. The summed E-state index contributed by atoms with van der Waals surface area (Å²) < 4.78 is 13.0. The van der Waals surface area contributed by atoms with Crippen LogP contribution in [0.3, 0.4) is 0 Å². The number of hydrogen-bond donors (Lipinski definition) is 1. The molecular weight excluding hydrogens is 428 g/mol. The smallest absolute Gasteiger partial charge is 0.255 e. The van der Waals surface area contributed by atoms with Gasteiger partial charge in [0.1, 0.15) is 5.82 Å². The molecule has 1 saturated heterocycles. The summed E-state index contributed by atoms with van der Waals surface area (Å²) in [5.74, 6) is 2.84. The molecule has 182 valence electrons. The molecule has 1 amide bonds. The highest BCUT2D eigenvalue weighted by molar-refractivity contribution is 6.05. The summed E-state index contributed by atoms with van der Waals surface area (Å²) in [4.78, 5) is 20.4. The number of nitrogens with one attached hydrogen (secondary N) is 1. The van der Waals surface area contributed by atoms with Gasteiger partial charge in [-0.3, -0.25) is 9.69 Å². The van der Waals surface area contributed by atoms with Crippen molar-refractivity contribution >= 4 is 22.6 Å². The molecule has 1 aliphatic heterocycles. The van der Waals surface area contributed by atoms with Gasteiger partial charge >= 0.3 is 0 Å². The molecule has 1 fully saturated rings. The Morgan fingerprint density at radius 2 is 1.85 bits per heavy atom. The van der Waals surface area contributed by atoms with Crippen LogP contribution in [0, 0.1) is 5.92 Å². The zero-order valence-corrected chi connectivity index (χ0v) is 20.8. The summed E-state index contributed by atoms with van der Waals surface area (Å²) in [6.45, 7) is 8.65. The normalized spacial score (nSPS) is 14.9. The molecule has 1 N–H and O–H groups in total. The molecule has 7 nitrogen and oxygen atoms in total. The van der Waals surface area contributed by atoms with Gasteiger partial charge in [-0.15, -0.1) is 0 Å². The van der Waals surface area contributed by atoms with Gasteiger partial charge in [0.05, 0.1) is 31.8 Å². The van der Waals surface area contributed by atoms with Crippen molar-refractivity contribution in [2.45, 2.75) is 52.6 Å². The zero-order chi connectivity index (χ0) is 24.1. The summed E-state index contributed by atoms with van der Waals surface area (Å²) in [6.07, 6.45) is 4.76. The number of methoxy groups -OCH3 is 2. The van der Waals surface area contributed by atoms with Crippen LogP contribution in [0.25, 0.3) is 11.0 Å². The molecule has 7 heteroatoms. The van der Waals surface area contributed by atoms with E-state index in [1.807, 2.05) is 12.1 Å². The van der Waals surface area contributed by atoms with E-state index in [2.05, 4.69) is 34.7 Å². The number of aromatic nitrogens is 2. The molecule has 3 aromatic rings. The summed E-state index contributed by atoms with van der Waals surface area (Å²) in [6, 6.07) is 11.1. The van der Waals surface area contributed by atoms with Gasteiger partial charge in [0.15, 0.2) is 11.5 Å². The van der Waals surface area contributed by atoms with Crippen molar-refractivity contribution in [2.24, 2.45) is 5.92 Å². The Kier molecular flexibility index (Phi) is 7.73. The molecule has 0 bridgehead atoms. The third-order valence-electron chi connectivity index (χ3n) is 6.71. The molecule has 0 aliphatic carbocycles. The van der Waals surface area contributed by atoms with Crippen molar-refractivity contribution in [1.82, 2.24) is 14.5 Å². The van der Waals surface area contributed by atoms with E-state index in [0.29, 0.717) is 17.1 Å².